The maximum absolute atomic E-state index is 15.7. The second-order valence-corrected chi connectivity index (χ2v) is 32.7. The first-order valence-electron chi connectivity index (χ1n) is 39.5. The second kappa shape index (κ2) is 37.5. The Morgan fingerprint density at radius 2 is 1.30 bits per heavy atom. The van der Waals surface area contributed by atoms with Crippen molar-refractivity contribution in [3.63, 3.8) is 0 Å². The number of rotatable bonds is 14. The monoisotopic (exact) mass is 1550 g/mol. The number of nitrogens with one attached hydrogen (secondary N) is 2. The van der Waals surface area contributed by atoms with Crippen molar-refractivity contribution in [3.05, 3.63) is 12.2 Å². The molecule has 12 amide bonds. The zero-order valence-electron chi connectivity index (χ0n) is 66.1. The Bertz CT molecular complexity index is 3290. The van der Waals surface area contributed by atoms with Gasteiger partial charge in [0.15, 0.2) is 0 Å². The Morgan fingerprint density at radius 1 is 0.651 bits per heavy atom. The van der Waals surface area contributed by atoms with Gasteiger partial charge in [-0.3, -0.25) is 57.5 Å². The van der Waals surface area contributed by atoms with Gasteiger partial charge in [0.25, 0.3) is 0 Å². The van der Waals surface area contributed by atoms with Crippen LogP contribution in [0.3, 0.4) is 0 Å². The lowest BCUT2D eigenvalue weighted by Crippen LogP contribution is -2.68. The highest BCUT2D eigenvalue weighted by Crippen LogP contribution is 2.46. The van der Waals surface area contributed by atoms with Gasteiger partial charge in [-0.1, -0.05) is 52.2 Å². The lowest BCUT2D eigenvalue weighted by atomic mass is 9.73. The molecule has 2 N–H and O–H groups in total. The molecule has 3 aliphatic heterocycles. The maximum atomic E-state index is 15.7. The van der Waals surface area contributed by atoms with E-state index in [1.54, 1.807) is 32.9 Å². The molecule has 32 heteroatoms. The first-order valence-corrected chi connectivity index (χ1v) is 39.5. The summed E-state index contributed by atoms with van der Waals surface area (Å²) in [5.74, 6) is -14.1. The third-order valence-corrected chi connectivity index (χ3v) is 25.3. The average Bonchev–Trinajstić information content (AvgIpc) is 1.53. The van der Waals surface area contributed by atoms with Crippen LogP contribution < -0.4 is 10.6 Å². The molecule has 0 aromatic rings. The molecule has 0 radical (unpaired) electrons. The summed E-state index contributed by atoms with van der Waals surface area (Å²) in [6.07, 6.45) is -3.35. The Labute approximate surface area is 638 Å². The van der Waals surface area contributed by atoms with E-state index in [0.29, 0.717) is 51.4 Å². The quantitative estimate of drug-likeness (QED) is 0.145. The molecule has 2 bridgehead atoms. The Kier molecular flexibility index (Phi) is 30.1. The molecule has 0 aromatic heterocycles. The summed E-state index contributed by atoms with van der Waals surface area (Å²) in [5, 5.41) is 5.70. The number of amides is 12. The van der Waals surface area contributed by atoms with Crippen molar-refractivity contribution < 1.29 is 93.4 Å². The molecule has 1 spiro atoms. The van der Waals surface area contributed by atoms with E-state index in [4.69, 9.17) is 9.47 Å². The summed E-state index contributed by atoms with van der Waals surface area (Å²) < 4.78 is 96.7. The molecule has 26 nitrogen and oxygen atoms in total. The predicted molar refractivity (Wildman–Crippen MR) is 389 cm³/mol. The lowest BCUT2D eigenvalue weighted by Gasteiger charge is -2.51. The van der Waals surface area contributed by atoms with Crippen LogP contribution in [0.25, 0.3) is 0 Å². The van der Waals surface area contributed by atoms with Crippen LogP contribution in [0.5, 0.6) is 0 Å². The van der Waals surface area contributed by atoms with E-state index in [9.17, 15) is 50.3 Å². The van der Waals surface area contributed by atoms with Gasteiger partial charge in [0, 0.05) is 89.2 Å². The molecule has 109 heavy (non-hydrogen) atoms. The van der Waals surface area contributed by atoms with E-state index in [-0.39, 0.29) is 129 Å². The first kappa shape index (κ1) is 87.5. The third kappa shape index (κ3) is 20.6. The Hall–Kier alpha value is -7.12. The van der Waals surface area contributed by atoms with Crippen LogP contribution in [0.15, 0.2) is 12.2 Å². The number of nitrogens with zero attached hydrogens (tertiary/aromatic N) is 10. The number of ether oxygens (including phenoxy) is 2. The predicted octanol–water partition coefficient (Wildman–Crippen LogP) is 6.18. The van der Waals surface area contributed by atoms with Crippen LogP contribution in [0, 0.1) is 41.4 Å². The average molecular weight is 1550 g/mol. The van der Waals surface area contributed by atoms with Crippen molar-refractivity contribution in [2.24, 2.45) is 41.4 Å². The maximum Gasteiger partial charge on any atom is 0.394 e. The molecule has 2 saturated heterocycles. The molecule has 3 heterocycles. The minimum atomic E-state index is -4.55. The van der Waals surface area contributed by atoms with E-state index in [1.807, 2.05) is 6.92 Å². The van der Waals surface area contributed by atoms with Gasteiger partial charge in [0.05, 0.1) is 37.5 Å². The Balaban J connectivity index is 1.21. The number of halogens is 6. The molecule has 7 fully saturated rings. The van der Waals surface area contributed by atoms with Crippen LogP contribution in [0.2, 0.25) is 0 Å². The minimum absolute atomic E-state index is 0.00376. The minimum Gasteiger partial charge on any atom is -0.381 e. The molecule has 5 saturated carbocycles. The van der Waals surface area contributed by atoms with Crippen LogP contribution in [0.1, 0.15) is 182 Å². The van der Waals surface area contributed by atoms with Gasteiger partial charge in [-0.05, 0) is 165 Å². The fourth-order valence-electron chi connectivity index (χ4n) is 17.8. The molecular weight excluding hydrogens is 1430 g/mol. The van der Waals surface area contributed by atoms with E-state index in [2.05, 4.69) is 10.6 Å². The van der Waals surface area contributed by atoms with Crippen LogP contribution in [-0.2, 0) is 67.0 Å². The molecule has 13 atom stereocenters. The molecule has 8 rings (SSSR count). The lowest BCUT2D eigenvalue weighted by molar-refractivity contribution is -0.215. The van der Waals surface area contributed by atoms with E-state index < -0.39 is 204 Å². The van der Waals surface area contributed by atoms with Crippen molar-refractivity contribution in [1.29, 1.82) is 0 Å². The molecule has 0 aromatic carbocycles. The van der Waals surface area contributed by atoms with Gasteiger partial charge in [-0.25, -0.2) is 0 Å². The van der Waals surface area contributed by atoms with Crippen molar-refractivity contribution in [1.82, 2.24) is 59.6 Å². The molecule has 8 aliphatic rings. The fraction of sp³-hybridized carbons (Fsp3) is 0.818. The van der Waals surface area contributed by atoms with Crippen molar-refractivity contribution in [2.75, 3.05) is 103 Å². The van der Waals surface area contributed by atoms with Crippen molar-refractivity contribution >= 4 is 70.9 Å². The van der Waals surface area contributed by atoms with Crippen molar-refractivity contribution in [3.8, 4) is 0 Å². The summed E-state index contributed by atoms with van der Waals surface area (Å²) in [5.41, 5.74) is -1.55. The zero-order valence-corrected chi connectivity index (χ0v) is 66.1. The number of alkyl halides is 6. The molecule has 5 aliphatic carbocycles. The summed E-state index contributed by atoms with van der Waals surface area (Å²) in [6.45, 7) is 5.34. The van der Waals surface area contributed by atoms with Gasteiger partial charge in [0.2, 0.25) is 70.9 Å². The van der Waals surface area contributed by atoms with Gasteiger partial charge in [0.1, 0.15) is 60.4 Å². The number of fused-ring (bicyclic) bond motifs is 3. The fourth-order valence-corrected chi connectivity index (χ4v) is 17.8. The normalized spacial score (nSPS) is 31.8. The largest absolute Gasteiger partial charge is 0.394 e. The van der Waals surface area contributed by atoms with Crippen LogP contribution in [-0.4, -0.2) is 301 Å². The highest BCUT2D eigenvalue weighted by atomic mass is 19.4. The zero-order chi connectivity index (χ0) is 80.5. The van der Waals surface area contributed by atoms with Gasteiger partial charge >= 0.3 is 12.4 Å². The highest BCUT2D eigenvalue weighted by Gasteiger charge is 2.57. The molecule has 3 unspecified atom stereocenters. The number of hydrogen-bond acceptors (Lipinski definition) is 14. The second-order valence-electron chi connectivity index (χ2n) is 32.7. The SMILES string of the molecule is CCOC[C@H]1C(=O)N[C@@H]([C@@H](C)CC)C(=O)N(C2CC2)CC(=O)N(C)[C@H]2C/C=C\CCN(C2=O)[C@@H](CC2CCC(C(F)(F)F)CC2)C(=O)N(C)CC(=O)N[C@@H](CCC2CCC(C(F)(F)F)C(OC)C2)C(=O)N2C[C@@H](C)C[C@H]2C(=O)N(C)C2(CCC2)C(=O)N(C)[C@@H](C2CCCC2)C(=O)N(C)[C@H](C(=O)N(C)C)CC(=O)N1C. The number of hydrogen-bond donors (Lipinski definition) is 2. The van der Waals surface area contributed by atoms with E-state index >= 15 is 33.6 Å². The number of methoxy groups -OCH3 is 1. The van der Waals surface area contributed by atoms with Crippen molar-refractivity contribution in [2.45, 2.75) is 260 Å². The topological polar surface area (TPSA) is 280 Å². The van der Waals surface area contributed by atoms with Gasteiger partial charge in [-0.15, -0.1) is 0 Å². The Morgan fingerprint density at radius 3 is 1.88 bits per heavy atom. The third-order valence-electron chi connectivity index (χ3n) is 25.3. The molecular formula is C77H120F6N12O14. The number of carbonyl (C=O) groups is 12. The summed E-state index contributed by atoms with van der Waals surface area (Å²) in [7, 11) is 12.5. The summed E-state index contributed by atoms with van der Waals surface area (Å²) in [6, 6.07) is -11.3. The first-order chi connectivity index (χ1) is 51.3. The number of likely N-dealkylation sites (N-methyl/N-ethyl adjacent to an activating group) is 7. The van der Waals surface area contributed by atoms with E-state index in [0.717, 1.165) is 14.7 Å². The highest BCUT2D eigenvalue weighted by molar-refractivity contribution is 6.01. The standard InChI is InChI=1S/C77H120F6N12O14/c1-14-47(4)64-72(105)94(52-31-32-52)44-63(98)88(8)55-24-17-16-20-37-93(71(55)104)58(39-48-25-29-51(30-26-48)76(78,79)80)69(102)87(7)43-61(96)84-54(34-28-49-27-33-53(77(81,82)83)60(40-49)108-13)67(100)95-42-46(3)38-57(95)70(103)92(12)75(35-21-36-75)74(107)91(11)65(50-22-18-19-23-50)73(106)90(10)56(68(101)86(5)6)41-62(97)89(9)59(45-109-15-2)66(99)85-64/h16-17,46-60,64-65H,14-15,18-45H2,1-13H3,(H,84,96)(H,85,99)/b17-16-/t46-,47-,48?,49?,51?,53?,54-,55-,56-,57-,58-,59-,60?,64-,65-/m0/s1. The van der Waals surface area contributed by atoms with Gasteiger partial charge < -0.3 is 69.1 Å². The summed E-state index contributed by atoms with van der Waals surface area (Å²) in [4.78, 5) is 196. The van der Waals surface area contributed by atoms with Gasteiger partial charge in [-0.2, -0.15) is 26.3 Å². The summed E-state index contributed by atoms with van der Waals surface area (Å²) >= 11 is 0. The van der Waals surface area contributed by atoms with Crippen LogP contribution >= 0.6 is 0 Å². The van der Waals surface area contributed by atoms with Crippen LogP contribution in [0.4, 0.5) is 26.3 Å². The number of carbonyl (C=O) groups excluding carboxylic acids is 12. The smallest absolute Gasteiger partial charge is 0.381 e. The van der Waals surface area contributed by atoms with E-state index in [1.165, 1.54) is 97.8 Å². The molecule has 614 valence electrons.